The zero-order valence-electron chi connectivity index (χ0n) is 9.91. The minimum absolute atomic E-state index is 0.227. The third-order valence-corrected chi connectivity index (χ3v) is 3.02. The summed E-state index contributed by atoms with van der Waals surface area (Å²) in [6.07, 6.45) is 0. The van der Waals surface area contributed by atoms with Gasteiger partial charge in [0.05, 0.1) is 11.6 Å². The molecule has 1 aliphatic heterocycles. The van der Waals surface area contributed by atoms with Gasteiger partial charge >= 0.3 is 0 Å². The molecule has 0 aromatic heterocycles. The molecule has 0 saturated carbocycles. The topological polar surface area (TPSA) is 39.1 Å². The molecule has 0 bridgehead atoms. The molecule has 2 rings (SSSR count). The third-order valence-electron chi connectivity index (χ3n) is 3.02. The van der Waals surface area contributed by atoms with E-state index in [0.29, 0.717) is 23.7 Å². The van der Waals surface area contributed by atoms with E-state index in [1.807, 2.05) is 6.07 Å². The van der Waals surface area contributed by atoms with Crippen LogP contribution in [0.4, 0.5) is 4.39 Å². The van der Waals surface area contributed by atoms with Crippen LogP contribution in [0.3, 0.4) is 0 Å². The molecule has 1 N–H and O–H groups in total. The van der Waals surface area contributed by atoms with Gasteiger partial charge in [-0.1, -0.05) is 0 Å². The Bertz CT molecular complexity index is 439. The van der Waals surface area contributed by atoms with E-state index < -0.39 is 0 Å². The first-order chi connectivity index (χ1) is 8.19. The molecule has 1 atom stereocenters. The van der Waals surface area contributed by atoms with Crippen molar-refractivity contribution in [3.8, 4) is 6.07 Å². The SMILES string of the molecule is CC1CN(Cc2cc(C#N)ccc2F)CCN1. The molecule has 0 amide bonds. The van der Waals surface area contributed by atoms with Gasteiger partial charge in [0.1, 0.15) is 5.82 Å². The fraction of sp³-hybridized carbons (Fsp3) is 0.462. The van der Waals surface area contributed by atoms with Gasteiger partial charge < -0.3 is 5.32 Å². The zero-order valence-corrected chi connectivity index (χ0v) is 9.91. The second-order valence-corrected chi connectivity index (χ2v) is 4.51. The molecule has 1 unspecified atom stereocenters. The van der Waals surface area contributed by atoms with Gasteiger partial charge in [0, 0.05) is 37.8 Å². The molecule has 4 heteroatoms. The van der Waals surface area contributed by atoms with Gasteiger partial charge in [-0.05, 0) is 25.1 Å². The van der Waals surface area contributed by atoms with Crippen LogP contribution >= 0.6 is 0 Å². The van der Waals surface area contributed by atoms with Crippen LogP contribution in [0.2, 0.25) is 0 Å². The Kier molecular flexibility index (Phi) is 3.72. The first-order valence-corrected chi connectivity index (χ1v) is 5.83. The summed E-state index contributed by atoms with van der Waals surface area (Å²) >= 11 is 0. The number of nitriles is 1. The Hall–Kier alpha value is -1.44. The number of nitrogens with one attached hydrogen (secondary N) is 1. The number of halogens is 1. The van der Waals surface area contributed by atoms with E-state index in [9.17, 15) is 4.39 Å². The van der Waals surface area contributed by atoms with Gasteiger partial charge in [0.2, 0.25) is 0 Å². The van der Waals surface area contributed by atoms with Crippen molar-refractivity contribution in [2.45, 2.75) is 19.5 Å². The highest BCUT2D eigenvalue weighted by molar-refractivity contribution is 5.33. The van der Waals surface area contributed by atoms with E-state index in [2.05, 4.69) is 17.1 Å². The quantitative estimate of drug-likeness (QED) is 0.841. The van der Waals surface area contributed by atoms with Gasteiger partial charge in [-0.25, -0.2) is 4.39 Å². The van der Waals surface area contributed by atoms with E-state index in [-0.39, 0.29) is 5.82 Å². The Balaban J connectivity index is 2.10. The van der Waals surface area contributed by atoms with Gasteiger partial charge in [0.25, 0.3) is 0 Å². The Morgan fingerprint density at radius 3 is 3.12 bits per heavy atom. The lowest BCUT2D eigenvalue weighted by molar-refractivity contribution is 0.197. The summed E-state index contributed by atoms with van der Waals surface area (Å²) in [5.74, 6) is -0.227. The fourth-order valence-electron chi connectivity index (χ4n) is 2.16. The molecule has 90 valence electrons. The van der Waals surface area contributed by atoms with E-state index in [0.717, 1.165) is 19.6 Å². The third kappa shape index (κ3) is 3.02. The Morgan fingerprint density at radius 2 is 2.41 bits per heavy atom. The van der Waals surface area contributed by atoms with Gasteiger partial charge in [-0.15, -0.1) is 0 Å². The highest BCUT2D eigenvalue weighted by Crippen LogP contribution is 2.13. The summed E-state index contributed by atoms with van der Waals surface area (Å²) in [7, 11) is 0. The number of hydrogen-bond acceptors (Lipinski definition) is 3. The maximum absolute atomic E-state index is 13.6. The lowest BCUT2D eigenvalue weighted by atomic mass is 10.1. The molecular formula is C13H16FN3. The zero-order chi connectivity index (χ0) is 12.3. The van der Waals surface area contributed by atoms with Crippen LogP contribution < -0.4 is 5.32 Å². The van der Waals surface area contributed by atoms with E-state index in [4.69, 9.17) is 5.26 Å². The summed E-state index contributed by atoms with van der Waals surface area (Å²) in [5, 5.41) is 12.2. The average molecular weight is 233 g/mol. The standard InChI is InChI=1S/C13H16FN3/c1-10-8-17(5-4-16-10)9-12-6-11(7-15)2-3-13(12)14/h2-3,6,10,16H,4-5,8-9H2,1H3. The molecule has 0 radical (unpaired) electrons. The molecule has 1 saturated heterocycles. The Morgan fingerprint density at radius 1 is 1.59 bits per heavy atom. The second-order valence-electron chi connectivity index (χ2n) is 4.51. The molecule has 1 heterocycles. The summed E-state index contributed by atoms with van der Waals surface area (Å²) in [4.78, 5) is 2.21. The lowest BCUT2D eigenvalue weighted by Crippen LogP contribution is -2.48. The van der Waals surface area contributed by atoms with Crippen LogP contribution in [-0.4, -0.2) is 30.6 Å². The van der Waals surface area contributed by atoms with Crippen molar-refractivity contribution in [3.63, 3.8) is 0 Å². The van der Waals surface area contributed by atoms with E-state index in [1.54, 1.807) is 6.07 Å². The van der Waals surface area contributed by atoms with Crippen LogP contribution in [-0.2, 0) is 6.54 Å². The predicted octanol–water partition coefficient (Wildman–Crippen LogP) is 1.49. The van der Waals surface area contributed by atoms with Crippen LogP contribution in [0, 0.1) is 17.1 Å². The van der Waals surface area contributed by atoms with Crippen molar-refractivity contribution in [3.05, 3.63) is 35.1 Å². The summed E-state index contributed by atoms with van der Waals surface area (Å²) in [6, 6.07) is 7.01. The Labute approximate surface area is 101 Å². The molecule has 0 aliphatic carbocycles. The summed E-state index contributed by atoms with van der Waals surface area (Å²) in [6.45, 7) is 5.46. The van der Waals surface area contributed by atoms with Crippen LogP contribution in [0.25, 0.3) is 0 Å². The molecular weight excluding hydrogens is 217 g/mol. The smallest absolute Gasteiger partial charge is 0.127 e. The number of nitrogens with zero attached hydrogens (tertiary/aromatic N) is 2. The predicted molar refractivity (Wildman–Crippen MR) is 63.9 cm³/mol. The minimum Gasteiger partial charge on any atom is -0.312 e. The maximum atomic E-state index is 13.6. The van der Waals surface area contributed by atoms with Crippen LogP contribution in [0.1, 0.15) is 18.1 Å². The van der Waals surface area contributed by atoms with Crippen molar-refractivity contribution < 1.29 is 4.39 Å². The van der Waals surface area contributed by atoms with Crippen LogP contribution in [0.15, 0.2) is 18.2 Å². The van der Waals surface area contributed by atoms with Crippen molar-refractivity contribution in [2.24, 2.45) is 0 Å². The second kappa shape index (κ2) is 5.26. The monoisotopic (exact) mass is 233 g/mol. The van der Waals surface area contributed by atoms with Gasteiger partial charge in [-0.3, -0.25) is 4.90 Å². The normalized spacial score (nSPS) is 21.1. The number of hydrogen-bond donors (Lipinski definition) is 1. The van der Waals surface area contributed by atoms with Gasteiger partial charge in [0.15, 0.2) is 0 Å². The average Bonchev–Trinajstić information content (AvgIpc) is 2.32. The molecule has 1 aliphatic rings. The molecule has 17 heavy (non-hydrogen) atoms. The van der Waals surface area contributed by atoms with Crippen molar-refractivity contribution in [1.82, 2.24) is 10.2 Å². The molecule has 0 spiro atoms. The van der Waals surface area contributed by atoms with Crippen LogP contribution in [0.5, 0.6) is 0 Å². The number of benzene rings is 1. The van der Waals surface area contributed by atoms with Crippen molar-refractivity contribution in [1.29, 1.82) is 5.26 Å². The first kappa shape index (κ1) is 12.0. The minimum atomic E-state index is -0.227. The molecule has 3 nitrogen and oxygen atoms in total. The number of rotatable bonds is 2. The highest BCUT2D eigenvalue weighted by Gasteiger charge is 2.17. The van der Waals surface area contributed by atoms with Crippen molar-refractivity contribution in [2.75, 3.05) is 19.6 Å². The van der Waals surface area contributed by atoms with E-state index in [1.165, 1.54) is 12.1 Å². The molecule has 1 aromatic carbocycles. The van der Waals surface area contributed by atoms with Crippen molar-refractivity contribution >= 4 is 0 Å². The maximum Gasteiger partial charge on any atom is 0.127 e. The largest absolute Gasteiger partial charge is 0.312 e. The lowest BCUT2D eigenvalue weighted by Gasteiger charge is -2.31. The molecule has 1 aromatic rings. The van der Waals surface area contributed by atoms with E-state index >= 15 is 0 Å². The molecule has 1 fully saturated rings. The van der Waals surface area contributed by atoms with Gasteiger partial charge in [-0.2, -0.15) is 5.26 Å². The number of piperazine rings is 1. The fourth-order valence-corrected chi connectivity index (χ4v) is 2.16. The summed E-state index contributed by atoms with van der Waals surface area (Å²) < 4.78 is 13.6. The highest BCUT2D eigenvalue weighted by atomic mass is 19.1. The summed E-state index contributed by atoms with van der Waals surface area (Å²) in [5.41, 5.74) is 1.13. The first-order valence-electron chi connectivity index (χ1n) is 5.83.